The molecule has 2 atom stereocenters. The van der Waals surface area contributed by atoms with Gasteiger partial charge in [-0.25, -0.2) is 4.68 Å². The van der Waals surface area contributed by atoms with Crippen LogP contribution >= 0.6 is 0 Å². The molecule has 13 heavy (non-hydrogen) atoms. The first-order valence-corrected chi connectivity index (χ1v) is 4.52. The molecule has 72 valence electrons. The van der Waals surface area contributed by atoms with Gasteiger partial charge in [0.2, 0.25) is 0 Å². The maximum absolute atomic E-state index is 5.78. The lowest BCUT2D eigenvalue weighted by atomic mass is 10.2. The molecule has 1 fully saturated rings. The van der Waals surface area contributed by atoms with Crippen molar-refractivity contribution in [1.82, 2.24) is 15.0 Å². The molecule has 1 aliphatic heterocycles. The monoisotopic (exact) mass is 182 g/mol. The number of aromatic nitrogens is 3. The molecule has 0 bridgehead atoms. The first kappa shape index (κ1) is 8.65. The predicted octanol–water partition coefficient (Wildman–Crippen LogP) is 0.259. The summed E-state index contributed by atoms with van der Waals surface area (Å²) in [5.74, 6) is 0. The summed E-state index contributed by atoms with van der Waals surface area (Å²) in [6.45, 7) is 3.47. The fraction of sp³-hybridized carbons (Fsp3) is 0.750. The topological polar surface area (TPSA) is 66.0 Å². The Kier molecular flexibility index (Phi) is 2.28. The summed E-state index contributed by atoms with van der Waals surface area (Å²) in [4.78, 5) is 0. The van der Waals surface area contributed by atoms with E-state index in [4.69, 9.17) is 10.5 Å². The Morgan fingerprint density at radius 1 is 1.77 bits per heavy atom. The molecule has 5 nitrogen and oxygen atoms in total. The summed E-state index contributed by atoms with van der Waals surface area (Å²) in [7, 11) is 0. The third-order valence-corrected chi connectivity index (χ3v) is 2.32. The van der Waals surface area contributed by atoms with Crippen molar-refractivity contribution >= 4 is 0 Å². The van der Waals surface area contributed by atoms with E-state index in [-0.39, 0.29) is 6.04 Å². The fourth-order valence-electron chi connectivity index (χ4n) is 1.58. The largest absolute Gasteiger partial charge is 0.379 e. The fourth-order valence-corrected chi connectivity index (χ4v) is 1.58. The van der Waals surface area contributed by atoms with Gasteiger partial charge in [0, 0.05) is 12.6 Å². The van der Waals surface area contributed by atoms with Crippen LogP contribution < -0.4 is 5.73 Å². The maximum atomic E-state index is 5.78. The van der Waals surface area contributed by atoms with Gasteiger partial charge in [-0.3, -0.25) is 0 Å². The van der Waals surface area contributed by atoms with Gasteiger partial charge in [0.25, 0.3) is 0 Å². The van der Waals surface area contributed by atoms with Crippen LogP contribution in [-0.4, -0.2) is 28.2 Å². The summed E-state index contributed by atoms with van der Waals surface area (Å²) >= 11 is 0. The molecule has 0 radical (unpaired) electrons. The van der Waals surface area contributed by atoms with Gasteiger partial charge in [0.15, 0.2) is 0 Å². The highest BCUT2D eigenvalue weighted by Gasteiger charge is 2.21. The molecule has 1 saturated heterocycles. The molecule has 0 saturated carbocycles. The lowest BCUT2D eigenvalue weighted by molar-refractivity contribution is 0.183. The second kappa shape index (κ2) is 3.43. The van der Waals surface area contributed by atoms with Crippen LogP contribution in [0.2, 0.25) is 0 Å². The quantitative estimate of drug-likeness (QED) is 0.712. The Balaban J connectivity index is 2.23. The Labute approximate surface area is 76.9 Å². The lowest BCUT2D eigenvalue weighted by Crippen LogP contribution is -2.18. The van der Waals surface area contributed by atoms with Crippen molar-refractivity contribution < 1.29 is 4.74 Å². The summed E-state index contributed by atoms with van der Waals surface area (Å²) in [5.41, 5.74) is 6.77. The van der Waals surface area contributed by atoms with Crippen LogP contribution in [0.15, 0.2) is 6.20 Å². The van der Waals surface area contributed by atoms with E-state index < -0.39 is 0 Å². The minimum Gasteiger partial charge on any atom is -0.379 e. The maximum Gasteiger partial charge on any atom is 0.0796 e. The van der Waals surface area contributed by atoms with Gasteiger partial charge in [-0.2, -0.15) is 0 Å². The van der Waals surface area contributed by atoms with E-state index in [2.05, 4.69) is 10.3 Å². The van der Waals surface area contributed by atoms with Crippen LogP contribution in [0.4, 0.5) is 0 Å². The van der Waals surface area contributed by atoms with E-state index in [1.54, 1.807) is 6.20 Å². The standard InChI is InChI=1S/C8H14N4O/c1-6(9)8-4-10-11-12(8)7-2-3-13-5-7/h4,6-7H,2-3,5,9H2,1H3/t6-,7?/m1/s1. The first-order chi connectivity index (χ1) is 6.29. The Morgan fingerprint density at radius 2 is 2.62 bits per heavy atom. The molecule has 1 aliphatic rings. The van der Waals surface area contributed by atoms with Gasteiger partial charge in [0.1, 0.15) is 0 Å². The van der Waals surface area contributed by atoms with Crippen molar-refractivity contribution in [1.29, 1.82) is 0 Å². The van der Waals surface area contributed by atoms with Gasteiger partial charge in [0.05, 0.1) is 24.5 Å². The molecule has 1 aromatic rings. The SMILES string of the molecule is C[C@@H](N)c1cnnn1C1CCOC1. The van der Waals surface area contributed by atoms with Crippen LogP contribution in [0.1, 0.15) is 31.1 Å². The average Bonchev–Trinajstić information content (AvgIpc) is 2.74. The third kappa shape index (κ3) is 1.57. The number of hydrogen-bond donors (Lipinski definition) is 1. The van der Waals surface area contributed by atoms with Crippen LogP contribution in [0.25, 0.3) is 0 Å². The smallest absolute Gasteiger partial charge is 0.0796 e. The van der Waals surface area contributed by atoms with E-state index in [9.17, 15) is 0 Å². The van der Waals surface area contributed by atoms with Crippen molar-refractivity contribution in [2.24, 2.45) is 5.73 Å². The van der Waals surface area contributed by atoms with E-state index in [1.165, 1.54) is 0 Å². The summed E-state index contributed by atoms with van der Waals surface area (Å²) in [6, 6.07) is 0.305. The molecule has 0 aromatic carbocycles. The van der Waals surface area contributed by atoms with Gasteiger partial charge < -0.3 is 10.5 Å². The molecule has 5 heteroatoms. The number of hydrogen-bond acceptors (Lipinski definition) is 4. The highest BCUT2D eigenvalue weighted by Crippen LogP contribution is 2.21. The van der Waals surface area contributed by atoms with E-state index in [0.717, 1.165) is 25.3 Å². The van der Waals surface area contributed by atoms with Crippen LogP contribution in [0.3, 0.4) is 0 Å². The molecular formula is C8H14N4O. The molecular weight excluding hydrogens is 168 g/mol. The summed E-state index contributed by atoms with van der Waals surface area (Å²) in [5, 5.41) is 7.89. The molecule has 2 N–H and O–H groups in total. The van der Waals surface area contributed by atoms with Gasteiger partial charge in [-0.15, -0.1) is 5.10 Å². The van der Waals surface area contributed by atoms with Crippen molar-refractivity contribution in [3.63, 3.8) is 0 Å². The second-order valence-electron chi connectivity index (χ2n) is 3.41. The zero-order valence-corrected chi connectivity index (χ0v) is 7.68. The van der Waals surface area contributed by atoms with Crippen molar-refractivity contribution in [2.75, 3.05) is 13.2 Å². The Bertz CT molecular complexity index is 277. The Hall–Kier alpha value is -0.940. The molecule has 2 heterocycles. The number of ether oxygens (including phenoxy) is 1. The molecule has 0 spiro atoms. The molecule has 0 amide bonds. The second-order valence-corrected chi connectivity index (χ2v) is 3.41. The van der Waals surface area contributed by atoms with E-state index in [1.807, 2.05) is 11.6 Å². The van der Waals surface area contributed by atoms with Crippen molar-refractivity contribution in [3.05, 3.63) is 11.9 Å². The van der Waals surface area contributed by atoms with Gasteiger partial charge in [-0.1, -0.05) is 5.21 Å². The highest BCUT2D eigenvalue weighted by atomic mass is 16.5. The highest BCUT2D eigenvalue weighted by molar-refractivity contribution is 5.01. The summed E-state index contributed by atoms with van der Waals surface area (Å²) < 4.78 is 7.17. The average molecular weight is 182 g/mol. The van der Waals surface area contributed by atoms with Crippen molar-refractivity contribution in [3.8, 4) is 0 Å². The minimum absolute atomic E-state index is 0.0180. The van der Waals surface area contributed by atoms with Gasteiger partial charge >= 0.3 is 0 Å². The minimum atomic E-state index is -0.0180. The van der Waals surface area contributed by atoms with Crippen LogP contribution in [0, 0.1) is 0 Å². The number of nitrogens with two attached hydrogens (primary N) is 1. The van der Waals surface area contributed by atoms with Crippen molar-refractivity contribution in [2.45, 2.75) is 25.4 Å². The first-order valence-electron chi connectivity index (χ1n) is 4.52. The van der Waals surface area contributed by atoms with E-state index >= 15 is 0 Å². The van der Waals surface area contributed by atoms with Crippen LogP contribution in [0.5, 0.6) is 0 Å². The molecule has 0 aliphatic carbocycles. The normalized spacial score (nSPS) is 24.9. The number of nitrogens with zero attached hydrogens (tertiary/aromatic N) is 3. The number of rotatable bonds is 2. The molecule has 1 unspecified atom stereocenters. The Morgan fingerprint density at radius 3 is 3.23 bits per heavy atom. The van der Waals surface area contributed by atoms with Crippen LogP contribution in [-0.2, 0) is 4.74 Å². The zero-order chi connectivity index (χ0) is 9.26. The lowest BCUT2D eigenvalue weighted by Gasteiger charge is -2.13. The predicted molar refractivity (Wildman–Crippen MR) is 47.1 cm³/mol. The molecule has 2 rings (SSSR count). The molecule has 1 aromatic heterocycles. The third-order valence-electron chi connectivity index (χ3n) is 2.32. The van der Waals surface area contributed by atoms with E-state index in [0.29, 0.717) is 6.04 Å². The van der Waals surface area contributed by atoms with Gasteiger partial charge in [-0.05, 0) is 13.3 Å². The summed E-state index contributed by atoms with van der Waals surface area (Å²) in [6.07, 6.45) is 2.73. The zero-order valence-electron chi connectivity index (χ0n) is 7.68.